The standard InChI is InChI=1S/C10H19F/c1-7(2)10(8(3)4)5-9(11)6-10/h7-9H,5-6H2,1-4H3. The minimum atomic E-state index is -0.514. The zero-order valence-electron chi connectivity index (χ0n) is 8.02. The van der Waals surface area contributed by atoms with E-state index in [4.69, 9.17) is 0 Å². The second kappa shape index (κ2) is 2.76. The summed E-state index contributed by atoms with van der Waals surface area (Å²) in [7, 11) is 0. The summed E-state index contributed by atoms with van der Waals surface area (Å²) in [6.45, 7) is 8.86. The molecule has 0 spiro atoms. The summed E-state index contributed by atoms with van der Waals surface area (Å²) in [6.07, 6.45) is 1.07. The third kappa shape index (κ3) is 1.30. The molecule has 0 bridgehead atoms. The minimum Gasteiger partial charge on any atom is -0.247 e. The highest BCUT2D eigenvalue weighted by atomic mass is 19.1. The molecule has 11 heavy (non-hydrogen) atoms. The highest BCUT2D eigenvalue weighted by molar-refractivity contribution is 4.97. The molecule has 0 radical (unpaired) electrons. The summed E-state index contributed by atoms with van der Waals surface area (Å²) in [5.74, 6) is 1.27. The van der Waals surface area contributed by atoms with Crippen LogP contribution < -0.4 is 0 Å². The number of rotatable bonds is 2. The molecular formula is C10H19F. The maximum Gasteiger partial charge on any atom is 0.101 e. The molecule has 0 aromatic heterocycles. The van der Waals surface area contributed by atoms with Gasteiger partial charge in [-0.3, -0.25) is 0 Å². The van der Waals surface area contributed by atoms with Crippen LogP contribution in [0, 0.1) is 17.3 Å². The van der Waals surface area contributed by atoms with Crippen LogP contribution in [0.3, 0.4) is 0 Å². The molecule has 0 aromatic carbocycles. The Morgan fingerprint density at radius 3 is 1.55 bits per heavy atom. The van der Waals surface area contributed by atoms with Gasteiger partial charge in [0.15, 0.2) is 0 Å². The smallest absolute Gasteiger partial charge is 0.101 e. The predicted octanol–water partition coefficient (Wildman–Crippen LogP) is 3.42. The van der Waals surface area contributed by atoms with E-state index in [1.807, 2.05) is 0 Å². The highest BCUT2D eigenvalue weighted by Gasteiger charge is 2.48. The molecule has 0 atom stereocenters. The Balaban J connectivity index is 2.61. The molecular weight excluding hydrogens is 139 g/mol. The van der Waals surface area contributed by atoms with Gasteiger partial charge >= 0.3 is 0 Å². The SMILES string of the molecule is CC(C)C1(C(C)C)CC(F)C1. The van der Waals surface area contributed by atoms with Crippen molar-refractivity contribution in [3.8, 4) is 0 Å². The minimum absolute atomic E-state index is 0.319. The number of hydrogen-bond donors (Lipinski definition) is 0. The molecule has 0 heterocycles. The third-order valence-corrected chi connectivity index (χ3v) is 3.50. The molecule has 1 heteroatoms. The fourth-order valence-electron chi connectivity index (χ4n) is 2.37. The molecule has 0 amide bonds. The van der Waals surface area contributed by atoms with E-state index in [0.717, 1.165) is 12.8 Å². The number of alkyl halides is 1. The van der Waals surface area contributed by atoms with Crippen LogP contribution in [0.4, 0.5) is 4.39 Å². The Morgan fingerprint density at radius 1 is 1.09 bits per heavy atom. The first-order valence-corrected chi connectivity index (χ1v) is 4.63. The topological polar surface area (TPSA) is 0 Å². The normalized spacial score (nSPS) is 24.3. The predicted molar refractivity (Wildman–Crippen MR) is 46.2 cm³/mol. The lowest BCUT2D eigenvalue weighted by Gasteiger charge is -2.51. The van der Waals surface area contributed by atoms with Gasteiger partial charge in [-0.1, -0.05) is 27.7 Å². The zero-order chi connectivity index (χ0) is 8.65. The van der Waals surface area contributed by atoms with Gasteiger partial charge in [0.05, 0.1) is 0 Å². The molecule has 0 unspecified atom stereocenters. The van der Waals surface area contributed by atoms with E-state index in [-0.39, 0.29) is 0 Å². The van der Waals surface area contributed by atoms with Crippen LogP contribution in [0.2, 0.25) is 0 Å². The van der Waals surface area contributed by atoms with E-state index in [2.05, 4.69) is 27.7 Å². The van der Waals surface area contributed by atoms with Gasteiger partial charge in [-0.2, -0.15) is 0 Å². The molecule has 66 valence electrons. The van der Waals surface area contributed by atoms with E-state index in [1.54, 1.807) is 0 Å². The lowest BCUT2D eigenvalue weighted by molar-refractivity contribution is -0.0536. The fraction of sp³-hybridized carbons (Fsp3) is 1.00. The van der Waals surface area contributed by atoms with Crippen molar-refractivity contribution >= 4 is 0 Å². The van der Waals surface area contributed by atoms with Gasteiger partial charge < -0.3 is 0 Å². The van der Waals surface area contributed by atoms with Crippen molar-refractivity contribution in [3.63, 3.8) is 0 Å². The summed E-state index contributed by atoms with van der Waals surface area (Å²) in [5, 5.41) is 0. The zero-order valence-corrected chi connectivity index (χ0v) is 8.02. The molecule has 0 saturated heterocycles. The molecule has 1 aliphatic carbocycles. The first-order valence-electron chi connectivity index (χ1n) is 4.63. The summed E-state index contributed by atoms with van der Waals surface area (Å²) < 4.78 is 12.7. The van der Waals surface area contributed by atoms with Crippen LogP contribution in [0.25, 0.3) is 0 Å². The Kier molecular flexibility index (Phi) is 2.27. The monoisotopic (exact) mass is 158 g/mol. The van der Waals surface area contributed by atoms with E-state index >= 15 is 0 Å². The van der Waals surface area contributed by atoms with Crippen molar-refractivity contribution in [2.75, 3.05) is 0 Å². The van der Waals surface area contributed by atoms with Crippen molar-refractivity contribution < 1.29 is 4.39 Å². The average molecular weight is 158 g/mol. The van der Waals surface area contributed by atoms with Crippen LogP contribution in [0.5, 0.6) is 0 Å². The van der Waals surface area contributed by atoms with Crippen molar-refractivity contribution in [2.45, 2.75) is 46.7 Å². The van der Waals surface area contributed by atoms with Crippen molar-refractivity contribution in [2.24, 2.45) is 17.3 Å². The lowest BCUT2D eigenvalue weighted by atomic mass is 9.55. The molecule has 0 N–H and O–H groups in total. The third-order valence-electron chi connectivity index (χ3n) is 3.50. The molecule has 0 aromatic rings. The average Bonchev–Trinajstić information content (AvgIpc) is 1.78. The second-order valence-electron chi connectivity index (χ2n) is 4.55. The Labute approximate surface area is 69.2 Å². The van der Waals surface area contributed by atoms with Crippen molar-refractivity contribution in [3.05, 3.63) is 0 Å². The number of hydrogen-bond acceptors (Lipinski definition) is 0. The maximum atomic E-state index is 12.7. The molecule has 1 rings (SSSR count). The van der Waals surface area contributed by atoms with Gasteiger partial charge in [0.2, 0.25) is 0 Å². The van der Waals surface area contributed by atoms with Crippen LogP contribution >= 0.6 is 0 Å². The van der Waals surface area contributed by atoms with Crippen LogP contribution in [-0.4, -0.2) is 6.17 Å². The Bertz CT molecular complexity index is 122. The highest BCUT2D eigenvalue weighted by Crippen LogP contribution is 2.53. The quantitative estimate of drug-likeness (QED) is 0.577. The Morgan fingerprint density at radius 2 is 1.45 bits per heavy atom. The van der Waals surface area contributed by atoms with Crippen LogP contribution in [-0.2, 0) is 0 Å². The first-order chi connectivity index (χ1) is 4.99. The van der Waals surface area contributed by atoms with Crippen LogP contribution in [0.1, 0.15) is 40.5 Å². The van der Waals surface area contributed by atoms with E-state index in [1.165, 1.54) is 0 Å². The van der Waals surface area contributed by atoms with Gasteiger partial charge in [-0.05, 0) is 30.1 Å². The number of halogens is 1. The summed E-state index contributed by atoms with van der Waals surface area (Å²) in [4.78, 5) is 0. The molecule has 1 fully saturated rings. The maximum absolute atomic E-state index is 12.7. The Hall–Kier alpha value is -0.0700. The molecule has 0 nitrogen and oxygen atoms in total. The second-order valence-corrected chi connectivity index (χ2v) is 4.55. The summed E-state index contributed by atoms with van der Waals surface area (Å²) in [5.41, 5.74) is 0.319. The van der Waals surface area contributed by atoms with Gasteiger partial charge in [0, 0.05) is 0 Å². The largest absolute Gasteiger partial charge is 0.247 e. The molecule has 0 aliphatic heterocycles. The van der Waals surface area contributed by atoms with E-state index < -0.39 is 6.17 Å². The van der Waals surface area contributed by atoms with Crippen LogP contribution in [0.15, 0.2) is 0 Å². The van der Waals surface area contributed by atoms with Crippen molar-refractivity contribution in [1.29, 1.82) is 0 Å². The summed E-state index contributed by atoms with van der Waals surface area (Å²) in [6, 6.07) is 0. The molecule has 1 aliphatic rings. The van der Waals surface area contributed by atoms with Crippen molar-refractivity contribution in [1.82, 2.24) is 0 Å². The van der Waals surface area contributed by atoms with E-state index in [9.17, 15) is 4.39 Å². The first kappa shape index (κ1) is 9.02. The van der Waals surface area contributed by atoms with Gasteiger partial charge in [0.1, 0.15) is 6.17 Å². The van der Waals surface area contributed by atoms with E-state index in [0.29, 0.717) is 17.3 Å². The van der Waals surface area contributed by atoms with Gasteiger partial charge in [-0.25, -0.2) is 4.39 Å². The van der Waals surface area contributed by atoms with Gasteiger partial charge in [0.25, 0.3) is 0 Å². The fourth-order valence-corrected chi connectivity index (χ4v) is 2.37. The summed E-state index contributed by atoms with van der Waals surface area (Å²) >= 11 is 0. The lowest BCUT2D eigenvalue weighted by Crippen LogP contribution is -2.46. The molecule has 1 saturated carbocycles. The van der Waals surface area contributed by atoms with Gasteiger partial charge in [-0.15, -0.1) is 0 Å².